The van der Waals surface area contributed by atoms with Gasteiger partial charge in [-0.05, 0) is 34.7 Å². The lowest BCUT2D eigenvalue weighted by Crippen LogP contribution is -1.80. The Morgan fingerprint density at radius 2 is 1.94 bits per heavy atom. The first kappa shape index (κ1) is 10.5. The third-order valence-electron chi connectivity index (χ3n) is 3.03. The number of aryl methyl sites for hydroxylation is 1. The van der Waals surface area contributed by atoms with Gasteiger partial charge in [0.2, 0.25) is 5.12 Å². The Morgan fingerprint density at radius 1 is 1.12 bits per heavy atom. The first-order valence-electron chi connectivity index (χ1n) is 5.67. The minimum absolute atomic E-state index is 0.713. The first-order valence-corrected chi connectivity index (χ1v) is 6.85. The van der Waals surface area contributed by atoms with E-state index in [0.717, 1.165) is 22.3 Å². The Bertz CT molecular complexity index is 759. The molecular formula is C14H12O2P+. The standard InChI is InChI=1S/C14H12O2P/c1-2-10-7-8-12-11-5-3-4-6-13(11)16-17(15)14(12)9-10/h3-9H,2H2,1H3/q+1. The zero-order chi connectivity index (χ0) is 11.8. The van der Waals surface area contributed by atoms with Crippen LogP contribution in [0.3, 0.4) is 0 Å². The second kappa shape index (κ2) is 3.97. The fraction of sp³-hybridized carbons (Fsp3) is 0.143. The fourth-order valence-corrected chi connectivity index (χ4v) is 3.18. The number of hydrogen-bond acceptors (Lipinski definition) is 2. The van der Waals surface area contributed by atoms with E-state index in [1.54, 1.807) is 0 Å². The Balaban J connectivity index is 2.54. The van der Waals surface area contributed by atoms with E-state index in [9.17, 15) is 4.57 Å². The maximum absolute atomic E-state index is 12.0. The minimum atomic E-state index is -1.77. The van der Waals surface area contributed by atoms with Gasteiger partial charge in [0, 0.05) is 10.8 Å². The Labute approximate surface area is 99.7 Å². The molecule has 0 aliphatic rings. The molecule has 0 saturated heterocycles. The second-order valence-corrected chi connectivity index (χ2v) is 5.23. The van der Waals surface area contributed by atoms with Crippen LogP contribution in [0.5, 0.6) is 0 Å². The van der Waals surface area contributed by atoms with Gasteiger partial charge in [-0.3, -0.25) is 0 Å². The van der Waals surface area contributed by atoms with Gasteiger partial charge in [-0.15, -0.1) is 0 Å². The number of para-hydroxylation sites is 1. The highest BCUT2D eigenvalue weighted by Crippen LogP contribution is 2.35. The van der Waals surface area contributed by atoms with Gasteiger partial charge in [0.25, 0.3) is 0 Å². The van der Waals surface area contributed by atoms with Crippen molar-refractivity contribution < 1.29 is 8.76 Å². The number of rotatable bonds is 1. The van der Waals surface area contributed by atoms with Crippen LogP contribution in [0, 0.1) is 0 Å². The molecule has 2 aromatic carbocycles. The third-order valence-corrected chi connectivity index (χ3v) is 4.15. The Hall–Kier alpha value is -1.66. The molecule has 1 aromatic heterocycles. The highest BCUT2D eigenvalue weighted by atomic mass is 31.1. The zero-order valence-corrected chi connectivity index (χ0v) is 10.4. The van der Waals surface area contributed by atoms with Crippen molar-refractivity contribution >= 4 is 29.1 Å². The predicted molar refractivity (Wildman–Crippen MR) is 70.7 cm³/mol. The van der Waals surface area contributed by atoms with Crippen LogP contribution in [0.25, 0.3) is 21.5 Å². The maximum atomic E-state index is 12.0. The molecule has 84 valence electrons. The highest BCUT2D eigenvalue weighted by Gasteiger charge is 2.16. The summed E-state index contributed by atoms with van der Waals surface area (Å²) >= 11 is 0. The summed E-state index contributed by atoms with van der Waals surface area (Å²) in [6.07, 6.45) is 0.943. The molecule has 2 nitrogen and oxygen atoms in total. The van der Waals surface area contributed by atoms with E-state index in [-0.39, 0.29) is 0 Å². The lowest BCUT2D eigenvalue weighted by atomic mass is 10.1. The summed E-state index contributed by atoms with van der Waals surface area (Å²) in [7, 11) is -1.77. The lowest BCUT2D eigenvalue weighted by Gasteiger charge is -1.98. The number of benzene rings is 2. The smallest absolute Gasteiger partial charge is 0.250 e. The molecule has 1 atom stereocenters. The minimum Gasteiger partial charge on any atom is -0.250 e. The average molecular weight is 243 g/mol. The molecule has 0 aliphatic carbocycles. The topological polar surface area (TPSA) is 30.2 Å². The zero-order valence-electron chi connectivity index (χ0n) is 9.51. The fourth-order valence-electron chi connectivity index (χ4n) is 2.08. The second-order valence-electron chi connectivity index (χ2n) is 4.05. The molecule has 3 aromatic rings. The van der Waals surface area contributed by atoms with Gasteiger partial charge in [0.05, 0.1) is 0 Å². The molecule has 3 heteroatoms. The van der Waals surface area contributed by atoms with E-state index in [0.29, 0.717) is 5.58 Å². The van der Waals surface area contributed by atoms with Crippen molar-refractivity contribution in [2.24, 2.45) is 0 Å². The van der Waals surface area contributed by atoms with Crippen molar-refractivity contribution in [3.05, 3.63) is 48.0 Å². The van der Waals surface area contributed by atoms with Gasteiger partial charge in [-0.25, -0.2) is 4.20 Å². The molecule has 0 spiro atoms. The molecule has 0 aliphatic heterocycles. The lowest BCUT2D eigenvalue weighted by molar-refractivity contribution is 0.563. The number of hydrogen-bond donors (Lipinski definition) is 0. The highest BCUT2D eigenvalue weighted by molar-refractivity contribution is 7.37. The summed E-state index contributed by atoms with van der Waals surface area (Å²) in [6.45, 7) is 2.09. The summed E-state index contributed by atoms with van der Waals surface area (Å²) in [5.74, 6) is 0. The van der Waals surface area contributed by atoms with Gasteiger partial charge in [0.15, 0.2) is 5.58 Å². The van der Waals surface area contributed by atoms with E-state index in [1.165, 1.54) is 5.56 Å². The molecule has 0 saturated carbocycles. The van der Waals surface area contributed by atoms with Crippen molar-refractivity contribution in [3.63, 3.8) is 0 Å². The van der Waals surface area contributed by atoms with Crippen molar-refractivity contribution in [3.8, 4) is 0 Å². The van der Waals surface area contributed by atoms with Crippen LogP contribution in [0.1, 0.15) is 12.5 Å². The van der Waals surface area contributed by atoms with Crippen molar-refractivity contribution in [1.82, 2.24) is 0 Å². The van der Waals surface area contributed by atoms with Crippen molar-refractivity contribution in [2.75, 3.05) is 0 Å². The van der Waals surface area contributed by atoms with Crippen LogP contribution in [0.4, 0.5) is 0 Å². The van der Waals surface area contributed by atoms with Crippen LogP contribution in [0.2, 0.25) is 0 Å². The normalized spacial score (nSPS) is 12.2. The molecule has 0 radical (unpaired) electrons. The van der Waals surface area contributed by atoms with Gasteiger partial charge in [0.1, 0.15) is 0 Å². The van der Waals surface area contributed by atoms with E-state index < -0.39 is 7.65 Å². The maximum Gasteiger partial charge on any atom is 0.597 e. The van der Waals surface area contributed by atoms with Crippen LogP contribution in [-0.2, 0) is 11.0 Å². The van der Waals surface area contributed by atoms with Gasteiger partial charge in [-0.1, -0.05) is 31.2 Å². The molecule has 0 amide bonds. The molecule has 17 heavy (non-hydrogen) atoms. The Morgan fingerprint density at radius 3 is 2.76 bits per heavy atom. The molecule has 1 unspecified atom stereocenters. The third kappa shape index (κ3) is 1.65. The van der Waals surface area contributed by atoms with Crippen LogP contribution >= 0.6 is 7.65 Å². The molecule has 0 N–H and O–H groups in total. The molecule has 0 fully saturated rings. The summed E-state index contributed by atoms with van der Waals surface area (Å²) in [5, 5.41) is 2.88. The van der Waals surface area contributed by atoms with E-state index in [4.69, 9.17) is 4.20 Å². The molecule has 0 bridgehead atoms. The van der Waals surface area contributed by atoms with Crippen LogP contribution < -0.4 is 0 Å². The van der Waals surface area contributed by atoms with E-state index in [1.807, 2.05) is 36.4 Å². The SMILES string of the molecule is CCc1ccc2c3ccccc3o[p+](=O)c2c1. The molecule has 1 heterocycles. The summed E-state index contributed by atoms with van der Waals surface area (Å²) in [5.41, 5.74) is 1.90. The van der Waals surface area contributed by atoms with Crippen LogP contribution in [0.15, 0.2) is 46.7 Å². The Kier molecular flexibility index (Phi) is 2.45. The molecular weight excluding hydrogens is 231 g/mol. The average Bonchev–Trinajstić information content (AvgIpc) is 2.38. The van der Waals surface area contributed by atoms with Gasteiger partial charge >= 0.3 is 7.65 Å². The quantitative estimate of drug-likeness (QED) is 0.569. The summed E-state index contributed by atoms with van der Waals surface area (Å²) in [4.78, 5) is 0. The van der Waals surface area contributed by atoms with Crippen LogP contribution in [-0.4, -0.2) is 0 Å². The number of fused-ring (bicyclic) bond motifs is 3. The predicted octanol–water partition coefficient (Wildman–Crippen LogP) is 4.89. The van der Waals surface area contributed by atoms with Gasteiger partial charge in [-0.2, -0.15) is 0 Å². The monoisotopic (exact) mass is 243 g/mol. The summed E-state index contributed by atoms with van der Waals surface area (Å²) in [6, 6.07) is 13.9. The largest absolute Gasteiger partial charge is 0.597 e. The van der Waals surface area contributed by atoms with Gasteiger partial charge < -0.3 is 0 Å². The van der Waals surface area contributed by atoms with E-state index in [2.05, 4.69) is 13.0 Å². The van der Waals surface area contributed by atoms with E-state index >= 15 is 0 Å². The van der Waals surface area contributed by atoms with Crippen molar-refractivity contribution in [2.45, 2.75) is 13.3 Å². The molecule has 3 rings (SSSR count). The summed E-state index contributed by atoms with van der Waals surface area (Å²) < 4.78 is 17.5. The van der Waals surface area contributed by atoms with Crippen molar-refractivity contribution in [1.29, 1.82) is 0 Å². The first-order chi connectivity index (χ1) is 8.29.